The first kappa shape index (κ1) is 9.66. The molecule has 1 aromatic heterocycles. The topological polar surface area (TPSA) is 77.2 Å². The molecule has 0 fully saturated rings. The zero-order valence-corrected chi connectivity index (χ0v) is 7.47. The van der Waals surface area contributed by atoms with Gasteiger partial charge in [0.15, 0.2) is 5.69 Å². The number of aromatic nitrogens is 3. The van der Waals surface area contributed by atoms with E-state index in [1.165, 1.54) is 10.9 Å². The van der Waals surface area contributed by atoms with E-state index in [2.05, 4.69) is 10.3 Å². The third kappa shape index (κ3) is 2.25. The van der Waals surface area contributed by atoms with E-state index in [4.69, 9.17) is 9.84 Å². The second-order valence-corrected chi connectivity index (χ2v) is 2.69. The Labute approximate surface area is 75.1 Å². The quantitative estimate of drug-likeness (QED) is 0.724. The van der Waals surface area contributed by atoms with Crippen LogP contribution in [0.3, 0.4) is 0 Å². The maximum Gasteiger partial charge on any atom is 0.358 e. The Hall–Kier alpha value is -1.43. The number of rotatable bonds is 4. The van der Waals surface area contributed by atoms with Gasteiger partial charge in [-0.1, -0.05) is 5.21 Å². The van der Waals surface area contributed by atoms with Gasteiger partial charge in [-0.15, -0.1) is 5.10 Å². The molecule has 0 saturated carbocycles. The molecule has 6 nitrogen and oxygen atoms in total. The van der Waals surface area contributed by atoms with Gasteiger partial charge in [0.1, 0.15) is 0 Å². The number of hydrogen-bond acceptors (Lipinski definition) is 4. The van der Waals surface area contributed by atoms with Crippen molar-refractivity contribution < 1.29 is 14.6 Å². The minimum Gasteiger partial charge on any atom is -0.476 e. The van der Waals surface area contributed by atoms with Crippen molar-refractivity contribution in [1.29, 1.82) is 0 Å². The fourth-order valence-corrected chi connectivity index (χ4v) is 0.908. The molecule has 1 unspecified atom stereocenters. The van der Waals surface area contributed by atoms with Crippen LogP contribution in [0, 0.1) is 0 Å². The van der Waals surface area contributed by atoms with E-state index in [9.17, 15) is 4.79 Å². The van der Waals surface area contributed by atoms with Crippen LogP contribution < -0.4 is 0 Å². The molecule has 1 atom stereocenters. The van der Waals surface area contributed by atoms with E-state index >= 15 is 0 Å². The van der Waals surface area contributed by atoms with Crippen molar-refractivity contribution in [2.24, 2.45) is 0 Å². The Balaban J connectivity index is 2.73. The first-order valence-electron chi connectivity index (χ1n) is 3.79. The molecule has 1 rings (SSSR count). The van der Waals surface area contributed by atoms with Gasteiger partial charge in [-0.2, -0.15) is 0 Å². The first-order valence-corrected chi connectivity index (χ1v) is 3.79. The molecule has 0 saturated heterocycles. The highest BCUT2D eigenvalue weighted by Gasteiger charge is 2.11. The van der Waals surface area contributed by atoms with E-state index < -0.39 is 5.97 Å². The summed E-state index contributed by atoms with van der Waals surface area (Å²) in [4.78, 5) is 10.4. The monoisotopic (exact) mass is 185 g/mol. The fraction of sp³-hybridized carbons (Fsp3) is 0.571. The number of hydrogen-bond donors (Lipinski definition) is 1. The maximum atomic E-state index is 10.4. The molecular formula is C7H11N3O3. The molecule has 0 radical (unpaired) electrons. The van der Waals surface area contributed by atoms with Gasteiger partial charge >= 0.3 is 5.97 Å². The predicted molar refractivity (Wildman–Crippen MR) is 43.6 cm³/mol. The van der Waals surface area contributed by atoms with Crippen LogP contribution in [0.15, 0.2) is 6.20 Å². The molecule has 0 aliphatic rings. The van der Waals surface area contributed by atoms with Crippen LogP contribution in [-0.2, 0) is 4.74 Å². The first-order chi connectivity index (χ1) is 6.15. The van der Waals surface area contributed by atoms with Gasteiger partial charge in [0.2, 0.25) is 0 Å². The number of aromatic carboxylic acids is 1. The number of carboxylic acids is 1. The van der Waals surface area contributed by atoms with Crippen LogP contribution in [0.2, 0.25) is 0 Å². The van der Waals surface area contributed by atoms with Crippen LogP contribution >= 0.6 is 0 Å². The van der Waals surface area contributed by atoms with Gasteiger partial charge < -0.3 is 9.84 Å². The number of carbonyl (C=O) groups is 1. The summed E-state index contributed by atoms with van der Waals surface area (Å²) < 4.78 is 6.36. The van der Waals surface area contributed by atoms with Crippen molar-refractivity contribution in [3.63, 3.8) is 0 Å². The van der Waals surface area contributed by atoms with Crippen molar-refractivity contribution >= 4 is 5.97 Å². The average Bonchev–Trinajstić information content (AvgIpc) is 2.52. The van der Waals surface area contributed by atoms with E-state index in [1.54, 1.807) is 7.11 Å². The summed E-state index contributed by atoms with van der Waals surface area (Å²) in [5, 5.41) is 15.7. The molecule has 1 aromatic rings. The molecule has 0 spiro atoms. The Morgan fingerprint density at radius 3 is 3.00 bits per heavy atom. The van der Waals surface area contributed by atoms with Gasteiger partial charge in [-0.3, -0.25) is 0 Å². The average molecular weight is 185 g/mol. The summed E-state index contributed by atoms with van der Waals surface area (Å²) in [7, 11) is 1.57. The lowest BCUT2D eigenvalue weighted by molar-refractivity contribution is 0.0690. The van der Waals surface area contributed by atoms with Crippen molar-refractivity contribution in [2.45, 2.75) is 13.0 Å². The third-order valence-corrected chi connectivity index (χ3v) is 1.59. The SMILES string of the molecule is COCC(C)n1cc(C(=O)O)nn1. The van der Waals surface area contributed by atoms with Gasteiger partial charge in [0.25, 0.3) is 0 Å². The summed E-state index contributed by atoms with van der Waals surface area (Å²) in [6.07, 6.45) is 1.38. The second kappa shape index (κ2) is 3.99. The summed E-state index contributed by atoms with van der Waals surface area (Å²) in [5.74, 6) is -1.07. The van der Waals surface area contributed by atoms with Gasteiger partial charge in [0.05, 0.1) is 18.8 Å². The standard InChI is InChI=1S/C7H11N3O3/c1-5(4-13-2)10-3-6(7(11)12)8-9-10/h3,5H,4H2,1-2H3,(H,11,12). The fourth-order valence-electron chi connectivity index (χ4n) is 0.908. The van der Waals surface area contributed by atoms with Crippen molar-refractivity contribution in [1.82, 2.24) is 15.0 Å². The maximum absolute atomic E-state index is 10.4. The molecule has 13 heavy (non-hydrogen) atoms. The lowest BCUT2D eigenvalue weighted by Crippen LogP contribution is -2.11. The normalized spacial score (nSPS) is 12.8. The Kier molecular flexibility index (Phi) is 2.97. The summed E-state index contributed by atoms with van der Waals surface area (Å²) in [6.45, 7) is 2.34. The molecule has 72 valence electrons. The minimum absolute atomic E-state index is 0.00870. The molecule has 1 heterocycles. The smallest absolute Gasteiger partial charge is 0.358 e. The third-order valence-electron chi connectivity index (χ3n) is 1.59. The highest BCUT2D eigenvalue weighted by Crippen LogP contribution is 2.04. The molecule has 0 amide bonds. The van der Waals surface area contributed by atoms with Crippen molar-refractivity contribution in [3.8, 4) is 0 Å². The molecule has 0 aliphatic carbocycles. The summed E-state index contributed by atoms with van der Waals surface area (Å²) in [5.41, 5.74) is -0.0528. The van der Waals surface area contributed by atoms with Crippen molar-refractivity contribution in [3.05, 3.63) is 11.9 Å². The number of ether oxygens (including phenoxy) is 1. The van der Waals surface area contributed by atoms with E-state index in [-0.39, 0.29) is 11.7 Å². The van der Waals surface area contributed by atoms with Crippen LogP contribution in [0.5, 0.6) is 0 Å². The molecule has 1 N–H and O–H groups in total. The zero-order valence-electron chi connectivity index (χ0n) is 7.47. The highest BCUT2D eigenvalue weighted by molar-refractivity contribution is 5.84. The summed E-state index contributed by atoms with van der Waals surface area (Å²) >= 11 is 0. The van der Waals surface area contributed by atoms with Gasteiger partial charge in [0, 0.05) is 7.11 Å². The Morgan fingerprint density at radius 2 is 2.54 bits per heavy atom. The highest BCUT2D eigenvalue weighted by atomic mass is 16.5. The molecule has 0 aromatic carbocycles. The van der Waals surface area contributed by atoms with Crippen LogP contribution in [0.25, 0.3) is 0 Å². The largest absolute Gasteiger partial charge is 0.476 e. The second-order valence-electron chi connectivity index (χ2n) is 2.69. The molecular weight excluding hydrogens is 174 g/mol. The van der Waals surface area contributed by atoms with Crippen LogP contribution in [0.4, 0.5) is 0 Å². The van der Waals surface area contributed by atoms with E-state index in [0.29, 0.717) is 6.61 Å². The zero-order chi connectivity index (χ0) is 9.84. The van der Waals surface area contributed by atoms with Gasteiger partial charge in [-0.05, 0) is 6.92 Å². The number of carboxylic acid groups (broad SMARTS) is 1. The van der Waals surface area contributed by atoms with Gasteiger partial charge in [-0.25, -0.2) is 9.48 Å². The number of methoxy groups -OCH3 is 1. The lowest BCUT2D eigenvalue weighted by Gasteiger charge is -2.08. The van der Waals surface area contributed by atoms with Crippen molar-refractivity contribution in [2.75, 3.05) is 13.7 Å². The Morgan fingerprint density at radius 1 is 1.85 bits per heavy atom. The Bertz CT molecular complexity index is 297. The minimum atomic E-state index is -1.07. The predicted octanol–water partition coefficient (Wildman–Crippen LogP) is 0.184. The van der Waals surface area contributed by atoms with E-state index in [1.807, 2.05) is 6.92 Å². The van der Waals surface area contributed by atoms with E-state index in [0.717, 1.165) is 0 Å². The molecule has 0 aliphatic heterocycles. The molecule has 0 bridgehead atoms. The number of nitrogens with zero attached hydrogens (tertiary/aromatic N) is 3. The van der Waals surface area contributed by atoms with Crippen LogP contribution in [0.1, 0.15) is 23.5 Å². The summed E-state index contributed by atoms with van der Waals surface area (Å²) in [6, 6.07) is -0.00870. The molecule has 6 heteroatoms. The lowest BCUT2D eigenvalue weighted by atomic mass is 10.4. The van der Waals surface area contributed by atoms with Crippen LogP contribution in [-0.4, -0.2) is 39.8 Å².